The molecule has 0 amide bonds. The first kappa shape index (κ1) is 32.4. The molecule has 0 unspecified atom stereocenters. The summed E-state index contributed by atoms with van der Waals surface area (Å²) in [5, 5.41) is 14.3. The number of hydrogen-bond acceptors (Lipinski definition) is 1. The van der Waals surface area contributed by atoms with Crippen LogP contribution in [0.3, 0.4) is 0 Å². The molecule has 0 spiro atoms. The maximum absolute atomic E-state index is 2.49. The highest BCUT2D eigenvalue weighted by Crippen LogP contribution is 2.47. The van der Waals surface area contributed by atoms with Crippen LogP contribution in [0.4, 0.5) is 0 Å². The summed E-state index contributed by atoms with van der Waals surface area (Å²) in [6.07, 6.45) is 11.8. The molecule has 51 heavy (non-hydrogen) atoms. The molecule has 0 fully saturated rings. The molecule has 1 heteroatoms. The predicted molar refractivity (Wildman–Crippen MR) is 226 cm³/mol. The molecule has 0 saturated heterocycles. The van der Waals surface area contributed by atoms with Crippen molar-refractivity contribution in [3.63, 3.8) is 0 Å². The molecule has 0 aliphatic rings. The smallest absolute Gasteiger partial charge is 0.0362 e. The molecule has 254 valence electrons. The van der Waals surface area contributed by atoms with E-state index in [1.807, 2.05) is 11.3 Å². The maximum Gasteiger partial charge on any atom is 0.0362 e. The molecule has 0 N–H and O–H groups in total. The minimum atomic E-state index is 1.09. The van der Waals surface area contributed by atoms with Gasteiger partial charge in [0.25, 0.3) is 0 Å². The van der Waals surface area contributed by atoms with Gasteiger partial charge in [-0.15, -0.1) is 11.3 Å². The Balaban J connectivity index is 0.986. The number of fused-ring (bicyclic) bond motifs is 11. The van der Waals surface area contributed by atoms with Gasteiger partial charge in [-0.05, 0) is 177 Å². The van der Waals surface area contributed by atoms with Crippen molar-refractivity contribution in [2.75, 3.05) is 0 Å². The van der Waals surface area contributed by atoms with Gasteiger partial charge in [0, 0.05) is 20.2 Å². The average Bonchev–Trinajstić information content (AvgIpc) is 3.51. The highest BCUT2D eigenvalue weighted by molar-refractivity contribution is 7.26. The van der Waals surface area contributed by atoms with Crippen molar-refractivity contribution < 1.29 is 0 Å². The molecule has 8 aromatic carbocycles. The van der Waals surface area contributed by atoms with Crippen LogP contribution >= 0.6 is 11.3 Å². The zero-order valence-corrected chi connectivity index (χ0v) is 31.5. The molecule has 9 rings (SSSR count). The Kier molecular flexibility index (Phi) is 8.44. The molecular weight excluding hydrogens is 633 g/mol. The van der Waals surface area contributed by atoms with Crippen LogP contribution in [0.1, 0.15) is 84.0 Å². The number of rotatable bonds is 12. The summed E-state index contributed by atoms with van der Waals surface area (Å²) < 4.78 is 2.82. The number of hydrogen-bond donors (Lipinski definition) is 0. The van der Waals surface area contributed by atoms with Gasteiger partial charge in [0.15, 0.2) is 0 Å². The van der Waals surface area contributed by atoms with E-state index in [4.69, 9.17) is 0 Å². The van der Waals surface area contributed by atoms with Gasteiger partial charge in [0.1, 0.15) is 0 Å². The molecule has 0 atom stereocenters. The summed E-state index contributed by atoms with van der Waals surface area (Å²) in [4.78, 5) is 0. The summed E-state index contributed by atoms with van der Waals surface area (Å²) in [6.45, 7) is 9.14. The Morgan fingerprint density at radius 3 is 1.08 bits per heavy atom. The Morgan fingerprint density at radius 1 is 0.353 bits per heavy atom. The van der Waals surface area contributed by atoms with Crippen LogP contribution in [0, 0.1) is 13.8 Å². The lowest BCUT2D eigenvalue weighted by Crippen LogP contribution is -1.97. The van der Waals surface area contributed by atoms with Crippen molar-refractivity contribution in [2.45, 2.75) is 91.9 Å². The Morgan fingerprint density at radius 2 is 0.686 bits per heavy atom. The molecule has 0 aliphatic carbocycles. The second-order valence-corrected chi connectivity index (χ2v) is 16.5. The molecule has 1 aromatic heterocycles. The zero-order valence-electron chi connectivity index (χ0n) is 30.7. The molecule has 0 nitrogen and oxygen atoms in total. The summed E-state index contributed by atoms with van der Waals surface area (Å²) in [5.74, 6) is 0. The monoisotopic (exact) mass is 680 g/mol. The van der Waals surface area contributed by atoms with Crippen molar-refractivity contribution in [3.05, 3.63) is 142 Å². The van der Waals surface area contributed by atoms with Crippen molar-refractivity contribution >= 4 is 74.6 Å². The van der Waals surface area contributed by atoms with Crippen LogP contribution in [0.5, 0.6) is 0 Å². The molecular formula is C50H48S. The summed E-state index contributed by atoms with van der Waals surface area (Å²) in [7, 11) is 0. The lowest BCUT2D eigenvalue weighted by molar-refractivity contribution is 0.794. The van der Waals surface area contributed by atoms with Crippen LogP contribution in [-0.4, -0.2) is 0 Å². The largest absolute Gasteiger partial charge is 0.135 e. The van der Waals surface area contributed by atoms with Crippen LogP contribution in [0.25, 0.3) is 63.3 Å². The quantitative estimate of drug-likeness (QED) is 0.120. The fraction of sp³-hybridized carbons (Fsp3) is 0.280. The summed E-state index contributed by atoms with van der Waals surface area (Å²) in [6, 6.07) is 38.5. The van der Waals surface area contributed by atoms with Crippen molar-refractivity contribution in [1.82, 2.24) is 0 Å². The number of thiophene rings is 1. The standard InChI is InChI=1S/C50H48S/c1-5-7-9-33-11-15-35(16-12-33)19-21-37-25-41-39(23-31(37)3)43-27-47-48-28-44-40-24-32(4)38(22-20-36-17-13-34(14-18-36)10-8-6-2)26-42(40)46(44)30-50(48)51-49(47)29-45(41)43/h11-18,23-30H,5-10,19-22H2,1-4H3. The molecule has 9 aromatic rings. The second-order valence-electron chi connectivity index (χ2n) is 15.4. The van der Waals surface area contributed by atoms with E-state index in [1.165, 1.54) is 146 Å². The maximum atomic E-state index is 2.49. The Labute approximate surface area is 306 Å². The molecule has 0 bridgehead atoms. The van der Waals surface area contributed by atoms with Crippen molar-refractivity contribution in [1.29, 1.82) is 0 Å². The first-order chi connectivity index (χ1) is 25.0. The van der Waals surface area contributed by atoms with E-state index in [2.05, 4.69) is 125 Å². The molecule has 0 radical (unpaired) electrons. The zero-order chi connectivity index (χ0) is 34.6. The fourth-order valence-corrected chi connectivity index (χ4v) is 9.78. The molecule has 1 heterocycles. The van der Waals surface area contributed by atoms with E-state index >= 15 is 0 Å². The SMILES string of the molecule is CCCCc1ccc(CCc2cc3c(cc2C)c2cc4c(cc32)sc2cc3c5cc(CCc6ccc(CCCC)cc6)c(C)cc5c3cc24)cc1. The van der Waals surface area contributed by atoms with E-state index in [0.29, 0.717) is 0 Å². The number of aryl methyl sites for hydroxylation is 8. The van der Waals surface area contributed by atoms with Gasteiger partial charge in [-0.2, -0.15) is 0 Å². The van der Waals surface area contributed by atoms with Gasteiger partial charge in [-0.1, -0.05) is 99.5 Å². The normalized spacial score (nSPS) is 12.3. The lowest BCUT2D eigenvalue weighted by Gasteiger charge is -2.17. The Bertz CT molecular complexity index is 2470. The molecule has 0 saturated carbocycles. The Hall–Kier alpha value is -4.46. The van der Waals surface area contributed by atoms with E-state index in [9.17, 15) is 0 Å². The second kappa shape index (κ2) is 13.3. The van der Waals surface area contributed by atoms with Crippen LogP contribution in [-0.2, 0) is 38.5 Å². The topological polar surface area (TPSA) is 0 Å². The van der Waals surface area contributed by atoms with E-state index < -0.39 is 0 Å². The minimum absolute atomic E-state index is 1.09. The van der Waals surface area contributed by atoms with E-state index in [1.54, 1.807) is 0 Å². The van der Waals surface area contributed by atoms with Crippen molar-refractivity contribution in [2.24, 2.45) is 0 Å². The predicted octanol–water partition coefficient (Wildman–Crippen LogP) is 14.4. The third-order valence-corrected chi connectivity index (χ3v) is 13.0. The van der Waals surface area contributed by atoms with Gasteiger partial charge >= 0.3 is 0 Å². The number of benzene rings is 6. The number of unbranched alkanes of at least 4 members (excludes halogenated alkanes) is 2. The van der Waals surface area contributed by atoms with Gasteiger partial charge in [-0.25, -0.2) is 0 Å². The average molecular weight is 681 g/mol. The summed E-state index contributed by atoms with van der Waals surface area (Å²) in [5.41, 5.74) is 11.6. The van der Waals surface area contributed by atoms with Gasteiger partial charge in [0.2, 0.25) is 0 Å². The summed E-state index contributed by atoms with van der Waals surface area (Å²) >= 11 is 1.97. The van der Waals surface area contributed by atoms with E-state index in [0.717, 1.165) is 25.7 Å². The van der Waals surface area contributed by atoms with Gasteiger partial charge in [-0.3, -0.25) is 0 Å². The third-order valence-electron chi connectivity index (χ3n) is 11.9. The van der Waals surface area contributed by atoms with Gasteiger partial charge < -0.3 is 0 Å². The van der Waals surface area contributed by atoms with Gasteiger partial charge in [0.05, 0.1) is 0 Å². The van der Waals surface area contributed by atoms with Crippen LogP contribution in [0.2, 0.25) is 0 Å². The first-order valence-corrected chi connectivity index (χ1v) is 20.3. The van der Waals surface area contributed by atoms with Crippen molar-refractivity contribution in [3.8, 4) is 0 Å². The van der Waals surface area contributed by atoms with Crippen LogP contribution < -0.4 is 0 Å². The third kappa shape index (κ3) is 5.84. The highest BCUT2D eigenvalue weighted by atomic mass is 32.1. The van der Waals surface area contributed by atoms with Crippen LogP contribution in [0.15, 0.2) is 97.1 Å². The van der Waals surface area contributed by atoms with E-state index in [-0.39, 0.29) is 0 Å². The first-order valence-electron chi connectivity index (χ1n) is 19.5. The highest BCUT2D eigenvalue weighted by Gasteiger charge is 2.19. The fourth-order valence-electron chi connectivity index (χ4n) is 8.63. The minimum Gasteiger partial charge on any atom is -0.135 e. The molecule has 0 aliphatic heterocycles. The lowest BCUT2D eigenvalue weighted by atomic mass is 9.87.